The summed E-state index contributed by atoms with van der Waals surface area (Å²) >= 11 is 0. The second-order valence-corrected chi connectivity index (χ2v) is 6.72. The van der Waals surface area contributed by atoms with Crippen molar-refractivity contribution in [3.63, 3.8) is 0 Å². The van der Waals surface area contributed by atoms with Gasteiger partial charge in [-0.25, -0.2) is 0 Å². The van der Waals surface area contributed by atoms with E-state index in [2.05, 4.69) is 15.5 Å². The predicted octanol–water partition coefficient (Wildman–Crippen LogP) is 2.65. The van der Waals surface area contributed by atoms with Crippen LogP contribution in [0.15, 0.2) is 34.7 Å². The summed E-state index contributed by atoms with van der Waals surface area (Å²) in [6, 6.07) is 9.24. The number of carbonyl (C=O) groups excluding carboxylic acids is 2. The molecule has 0 radical (unpaired) electrons. The Hall–Kier alpha value is -2.70. The number of fused-ring (bicyclic) bond motifs is 2. The Balaban J connectivity index is 1.28. The van der Waals surface area contributed by atoms with Gasteiger partial charge in [-0.3, -0.25) is 14.9 Å². The number of anilines is 1. The lowest BCUT2D eigenvalue weighted by atomic mass is 9.89. The molecule has 2 aliphatic rings. The van der Waals surface area contributed by atoms with Gasteiger partial charge in [0.15, 0.2) is 6.61 Å². The average Bonchev–Trinajstić information content (AvgIpc) is 3.37. The minimum atomic E-state index is -0.486. The minimum Gasteiger partial charge on any atom is -0.455 e. The van der Waals surface area contributed by atoms with Crippen molar-refractivity contribution in [1.82, 2.24) is 10.2 Å². The number of benzene rings is 1. The summed E-state index contributed by atoms with van der Waals surface area (Å²) < 4.78 is 10.6. The number of nitrogens with one attached hydrogen (secondary N) is 1. The molecule has 2 aliphatic carbocycles. The van der Waals surface area contributed by atoms with Gasteiger partial charge in [0, 0.05) is 5.56 Å². The van der Waals surface area contributed by atoms with E-state index < -0.39 is 5.91 Å². The standard InChI is InChI=1S/C18H19N3O4/c22-15(10-24-17(23)14-9-11-6-7-13(14)8-11)19-18-21-20-16(25-18)12-4-2-1-3-5-12/h1-5,11,13-14H,6-10H2,(H,19,21,22)/t11-,13-,14-/m0/s1. The van der Waals surface area contributed by atoms with Crippen LogP contribution in [0.2, 0.25) is 0 Å². The number of amides is 1. The van der Waals surface area contributed by atoms with Gasteiger partial charge in [0.1, 0.15) is 0 Å². The van der Waals surface area contributed by atoms with Gasteiger partial charge in [-0.05, 0) is 43.2 Å². The molecule has 7 heteroatoms. The van der Waals surface area contributed by atoms with Gasteiger partial charge in [0.2, 0.25) is 5.89 Å². The highest BCUT2D eigenvalue weighted by molar-refractivity contribution is 5.91. The van der Waals surface area contributed by atoms with Crippen molar-refractivity contribution in [2.45, 2.75) is 25.7 Å². The molecule has 130 valence electrons. The van der Waals surface area contributed by atoms with E-state index in [1.807, 2.05) is 30.3 Å². The average molecular weight is 341 g/mol. The Kier molecular flexibility index (Phi) is 4.21. The number of hydrogen-bond donors (Lipinski definition) is 1. The van der Waals surface area contributed by atoms with Crippen LogP contribution in [0.3, 0.4) is 0 Å². The maximum Gasteiger partial charge on any atom is 0.322 e. The summed E-state index contributed by atoms with van der Waals surface area (Å²) in [5.41, 5.74) is 0.762. The van der Waals surface area contributed by atoms with Gasteiger partial charge in [-0.15, -0.1) is 5.10 Å². The van der Waals surface area contributed by atoms with Gasteiger partial charge in [-0.1, -0.05) is 29.7 Å². The number of carbonyl (C=O) groups is 2. The SMILES string of the molecule is O=C(COC(=O)[C@H]1C[C@H]2CC[C@H]1C2)Nc1nnc(-c2ccccc2)o1. The lowest BCUT2D eigenvalue weighted by Gasteiger charge is -2.19. The Morgan fingerprint density at radius 3 is 2.72 bits per heavy atom. The molecule has 0 saturated heterocycles. The van der Waals surface area contributed by atoms with E-state index in [0.717, 1.165) is 24.8 Å². The third kappa shape index (κ3) is 3.40. The van der Waals surface area contributed by atoms with Gasteiger partial charge in [-0.2, -0.15) is 0 Å². The van der Waals surface area contributed by atoms with Gasteiger partial charge < -0.3 is 9.15 Å². The van der Waals surface area contributed by atoms with E-state index in [1.165, 1.54) is 6.42 Å². The molecular formula is C18H19N3O4. The zero-order valence-electron chi connectivity index (χ0n) is 13.7. The number of hydrogen-bond acceptors (Lipinski definition) is 6. The van der Waals surface area contributed by atoms with Crippen molar-refractivity contribution < 1.29 is 18.7 Å². The van der Waals surface area contributed by atoms with Crippen molar-refractivity contribution in [3.8, 4) is 11.5 Å². The zero-order valence-corrected chi connectivity index (χ0v) is 13.7. The van der Waals surface area contributed by atoms with E-state index >= 15 is 0 Å². The highest BCUT2D eigenvalue weighted by atomic mass is 16.5. The molecule has 7 nitrogen and oxygen atoms in total. The molecule has 0 spiro atoms. The highest BCUT2D eigenvalue weighted by Gasteiger charge is 2.44. The lowest BCUT2D eigenvalue weighted by molar-refractivity contribution is -0.153. The van der Waals surface area contributed by atoms with Crippen molar-refractivity contribution in [3.05, 3.63) is 30.3 Å². The van der Waals surface area contributed by atoms with E-state index in [1.54, 1.807) is 0 Å². The van der Waals surface area contributed by atoms with Crippen molar-refractivity contribution in [1.29, 1.82) is 0 Å². The molecule has 1 amide bonds. The van der Waals surface area contributed by atoms with E-state index in [-0.39, 0.29) is 24.5 Å². The van der Waals surface area contributed by atoms with Gasteiger partial charge in [0.05, 0.1) is 5.92 Å². The van der Waals surface area contributed by atoms with Crippen molar-refractivity contribution >= 4 is 17.9 Å². The summed E-state index contributed by atoms with van der Waals surface area (Å²) in [7, 11) is 0. The lowest BCUT2D eigenvalue weighted by Crippen LogP contribution is -2.27. The van der Waals surface area contributed by atoms with Crippen LogP contribution < -0.4 is 5.32 Å². The van der Waals surface area contributed by atoms with Crippen LogP contribution in [0.25, 0.3) is 11.5 Å². The molecule has 25 heavy (non-hydrogen) atoms. The molecule has 1 aromatic carbocycles. The smallest absolute Gasteiger partial charge is 0.322 e. The van der Waals surface area contributed by atoms with E-state index in [9.17, 15) is 9.59 Å². The van der Waals surface area contributed by atoms with Crippen LogP contribution in [-0.4, -0.2) is 28.7 Å². The molecule has 4 rings (SSSR count). The summed E-state index contributed by atoms with van der Waals surface area (Å²) in [4.78, 5) is 24.0. The zero-order chi connectivity index (χ0) is 17.2. The van der Waals surface area contributed by atoms with Crippen LogP contribution in [0.4, 0.5) is 6.01 Å². The fourth-order valence-electron chi connectivity index (χ4n) is 3.90. The fraction of sp³-hybridized carbons (Fsp3) is 0.444. The first kappa shape index (κ1) is 15.8. The number of esters is 1. The molecule has 1 aromatic heterocycles. The minimum absolute atomic E-state index is 0.0141. The predicted molar refractivity (Wildman–Crippen MR) is 88.3 cm³/mol. The summed E-state index contributed by atoms with van der Waals surface area (Å²) in [6.07, 6.45) is 4.34. The maximum absolute atomic E-state index is 12.1. The quantitative estimate of drug-likeness (QED) is 0.840. The van der Waals surface area contributed by atoms with Gasteiger partial charge in [0.25, 0.3) is 5.91 Å². The first-order valence-corrected chi connectivity index (χ1v) is 8.54. The van der Waals surface area contributed by atoms with Crippen LogP contribution in [0.1, 0.15) is 25.7 Å². The largest absolute Gasteiger partial charge is 0.455 e. The molecule has 2 aromatic rings. The van der Waals surface area contributed by atoms with Crippen LogP contribution in [0.5, 0.6) is 0 Å². The molecule has 2 bridgehead atoms. The first-order chi connectivity index (χ1) is 12.2. The van der Waals surface area contributed by atoms with Crippen LogP contribution in [0, 0.1) is 17.8 Å². The van der Waals surface area contributed by atoms with Crippen LogP contribution in [-0.2, 0) is 14.3 Å². The Morgan fingerprint density at radius 1 is 1.16 bits per heavy atom. The third-order valence-electron chi connectivity index (χ3n) is 5.08. The summed E-state index contributed by atoms with van der Waals surface area (Å²) in [5.74, 6) is 0.614. The Bertz CT molecular complexity index is 774. The van der Waals surface area contributed by atoms with Crippen molar-refractivity contribution in [2.75, 3.05) is 11.9 Å². The van der Waals surface area contributed by atoms with Gasteiger partial charge >= 0.3 is 12.0 Å². The third-order valence-corrected chi connectivity index (χ3v) is 5.08. The number of aromatic nitrogens is 2. The van der Waals surface area contributed by atoms with E-state index in [4.69, 9.17) is 9.15 Å². The van der Waals surface area contributed by atoms with E-state index in [0.29, 0.717) is 17.7 Å². The van der Waals surface area contributed by atoms with Crippen molar-refractivity contribution in [2.24, 2.45) is 17.8 Å². The molecule has 0 aliphatic heterocycles. The molecule has 2 saturated carbocycles. The second kappa shape index (κ2) is 6.66. The number of nitrogens with zero attached hydrogens (tertiary/aromatic N) is 2. The normalized spacial score (nSPS) is 24.2. The Morgan fingerprint density at radius 2 is 2.00 bits per heavy atom. The molecule has 1 heterocycles. The monoisotopic (exact) mass is 341 g/mol. The molecule has 3 atom stereocenters. The first-order valence-electron chi connectivity index (χ1n) is 8.54. The molecular weight excluding hydrogens is 322 g/mol. The molecule has 2 fully saturated rings. The summed E-state index contributed by atoms with van der Waals surface area (Å²) in [5, 5.41) is 10.1. The Labute approximate surface area is 144 Å². The number of ether oxygens (including phenoxy) is 1. The summed E-state index contributed by atoms with van der Waals surface area (Å²) in [6.45, 7) is -0.338. The fourth-order valence-corrected chi connectivity index (χ4v) is 3.90. The molecule has 1 N–H and O–H groups in total. The molecule has 0 unspecified atom stereocenters. The van der Waals surface area contributed by atoms with Crippen LogP contribution >= 0.6 is 0 Å². The highest BCUT2D eigenvalue weighted by Crippen LogP contribution is 2.48. The second-order valence-electron chi connectivity index (χ2n) is 6.72. The topological polar surface area (TPSA) is 94.3 Å². The maximum atomic E-state index is 12.1. The number of rotatable bonds is 5.